The fraction of sp³-hybridized carbons (Fsp3) is 1.00. The monoisotopic (exact) mass is 154 g/mol. The molecule has 1 unspecified atom stereocenters. The van der Waals surface area contributed by atoms with Crippen molar-refractivity contribution in [2.75, 3.05) is 6.54 Å². The minimum absolute atomic E-state index is 0.675. The summed E-state index contributed by atoms with van der Waals surface area (Å²) in [6, 6.07) is 2.22. The normalized spacial score (nSPS) is 45.0. The summed E-state index contributed by atoms with van der Waals surface area (Å²) >= 11 is 0. The quantitative estimate of drug-likeness (QED) is 0.541. The van der Waals surface area contributed by atoms with E-state index in [-0.39, 0.29) is 0 Å². The van der Waals surface area contributed by atoms with Gasteiger partial charge in [-0.15, -0.1) is 0 Å². The van der Waals surface area contributed by atoms with Gasteiger partial charge < -0.3 is 10.6 Å². The van der Waals surface area contributed by atoms with Crippen LogP contribution in [0.5, 0.6) is 0 Å². The molecule has 0 spiro atoms. The topological polar surface area (TPSA) is 24.1 Å². The van der Waals surface area contributed by atoms with Crippen LogP contribution in [0.2, 0.25) is 0 Å². The molecule has 2 heteroatoms. The van der Waals surface area contributed by atoms with Gasteiger partial charge in [0, 0.05) is 24.7 Å². The van der Waals surface area contributed by atoms with Crippen LogP contribution < -0.4 is 10.6 Å². The lowest BCUT2D eigenvalue weighted by Gasteiger charge is -2.40. The molecule has 0 bridgehead atoms. The second kappa shape index (κ2) is 3.11. The molecule has 64 valence electrons. The van der Waals surface area contributed by atoms with Crippen molar-refractivity contribution in [1.29, 1.82) is 0 Å². The van der Waals surface area contributed by atoms with Crippen LogP contribution in [0.25, 0.3) is 0 Å². The number of hydrogen-bond acceptors (Lipinski definition) is 2. The molecule has 1 heterocycles. The lowest BCUT2D eigenvalue weighted by Crippen LogP contribution is -2.60. The molecule has 2 N–H and O–H groups in total. The second-order valence-corrected chi connectivity index (χ2v) is 3.97. The molecule has 1 aliphatic carbocycles. The van der Waals surface area contributed by atoms with Gasteiger partial charge in [0.05, 0.1) is 0 Å². The van der Waals surface area contributed by atoms with E-state index in [0.717, 1.165) is 18.6 Å². The Bertz CT molecular complexity index is 136. The SMILES string of the molecule is CC1CN[C@H]2CCCC[C@H]2N1. The third kappa shape index (κ3) is 1.57. The molecule has 1 saturated carbocycles. The van der Waals surface area contributed by atoms with Crippen LogP contribution in [0.3, 0.4) is 0 Å². The Morgan fingerprint density at radius 3 is 2.64 bits per heavy atom. The maximum atomic E-state index is 3.66. The molecule has 0 amide bonds. The molecule has 0 aromatic carbocycles. The van der Waals surface area contributed by atoms with Gasteiger partial charge in [-0.1, -0.05) is 12.8 Å². The van der Waals surface area contributed by atoms with Crippen LogP contribution in [0.4, 0.5) is 0 Å². The molecule has 0 radical (unpaired) electrons. The maximum absolute atomic E-state index is 3.66. The Labute approximate surface area is 68.7 Å². The molecular weight excluding hydrogens is 136 g/mol. The van der Waals surface area contributed by atoms with Crippen molar-refractivity contribution in [1.82, 2.24) is 10.6 Å². The first-order chi connectivity index (χ1) is 5.36. The van der Waals surface area contributed by atoms with Crippen LogP contribution in [-0.4, -0.2) is 24.7 Å². The van der Waals surface area contributed by atoms with Gasteiger partial charge in [0.15, 0.2) is 0 Å². The first kappa shape index (κ1) is 7.56. The van der Waals surface area contributed by atoms with Gasteiger partial charge in [-0.25, -0.2) is 0 Å². The molecular formula is C9H18N2. The van der Waals surface area contributed by atoms with Gasteiger partial charge in [-0.05, 0) is 19.8 Å². The van der Waals surface area contributed by atoms with E-state index in [9.17, 15) is 0 Å². The summed E-state index contributed by atoms with van der Waals surface area (Å²) in [5, 5.41) is 7.26. The molecule has 2 aliphatic rings. The summed E-state index contributed by atoms with van der Waals surface area (Å²) in [5.41, 5.74) is 0. The molecule has 2 fully saturated rings. The number of rotatable bonds is 0. The summed E-state index contributed by atoms with van der Waals surface area (Å²) < 4.78 is 0. The highest BCUT2D eigenvalue weighted by molar-refractivity contribution is 4.92. The third-order valence-electron chi connectivity index (χ3n) is 2.95. The zero-order chi connectivity index (χ0) is 7.68. The van der Waals surface area contributed by atoms with Gasteiger partial charge in [-0.3, -0.25) is 0 Å². The summed E-state index contributed by atoms with van der Waals surface area (Å²) in [4.78, 5) is 0. The standard InChI is InChI=1S/C9H18N2/c1-7-6-10-8-4-2-3-5-9(8)11-7/h7-11H,2-6H2,1H3/t7?,8-,9+/m0/s1. The smallest absolute Gasteiger partial charge is 0.0224 e. The van der Waals surface area contributed by atoms with E-state index in [1.165, 1.54) is 25.7 Å². The van der Waals surface area contributed by atoms with Crippen molar-refractivity contribution in [3.63, 3.8) is 0 Å². The first-order valence-corrected chi connectivity index (χ1v) is 4.86. The third-order valence-corrected chi connectivity index (χ3v) is 2.95. The van der Waals surface area contributed by atoms with Gasteiger partial charge >= 0.3 is 0 Å². The molecule has 2 nitrogen and oxygen atoms in total. The van der Waals surface area contributed by atoms with Gasteiger partial charge in [0.1, 0.15) is 0 Å². The molecule has 3 atom stereocenters. The summed E-state index contributed by atoms with van der Waals surface area (Å²) in [6.45, 7) is 3.42. The second-order valence-electron chi connectivity index (χ2n) is 3.97. The molecule has 0 aromatic heterocycles. The zero-order valence-corrected chi connectivity index (χ0v) is 7.27. The van der Waals surface area contributed by atoms with E-state index in [1.807, 2.05) is 0 Å². The minimum atomic E-state index is 0.675. The maximum Gasteiger partial charge on any atom is 0.0224 e. The van der Waals surface area contributed by atoms with Crippen molar-refractivity contribution in [3.8, 4) is 0 Å². The largest absolute Gasteiger partial charge is 0.311 e. The van der Waals surface area contributed by atoms with Crippen molar-refractivity contribution in [2.45, 2.75) is 50.7 Å². The summed E-state index contributed by atoms with van der Waals surface area (Å²) in [6.07, 6.45) is 5.60. The Hall–Kier alpha value is -0.0800. The van der Waals surface area contributed by atoms with E-state index in [0.29, 0.717) is 6.04 Å². The number of fused-ring (bicyclic) bond motifs is 1. The van der Waals surface area contributed by atoms with E-state index >= 15 is 0 Å². The Kier molecular flexibility index (Phi) is 2.14. The molecule has 0 aromatic rings. The fourth-order valence-electron chi connectivity index (χ4n) is 2.33. The molecule has 1 saturated heterocycles. The first-order valence-electron chi connectivity index (χ1n) is 4.86. The lowest BCUT2D eigenvalue weighted by molar-refractivity contribution is 0.219. The van der Waals surface area contributed by atoms with Gasteiger partial charge in [-0.2, -0.15) is 0 Å². The van der Waals surface area contributed by atoms with E-state index < -0.39 is 0 Å². The zero-order valence-electron chi connectivity index (χ0n) is 7.27. The van der Waals surface area contributed by atoms with E-state index in [4.69, 9.17) is 0 Å². The van der Waals surface area contributed by atoms with Gasteiger partial charge in [0.25, 0.3) is 0 Å². The Morgan fingerprint density at radius 2 is 1.82 bits per heavy atom. The fourth-order valence-corrected chi connectivity index (χ4v) is 2.33. The highest BCUT2D eigenvalue weighted by Crippen LogP contribution is 2.20. The number of piperazine rings is 1. The van der Waals surface area contributed by atoms with Crippen LogP contribution >= 0.6 is 0 Å². The Balaban J connectivity index is 1.93. The minimum Gasteiger partial charge on any atom is -0.311 e. The highest BCUT2D eigenvalue weighted by atomic mass is 15.1. The van der Waals surface area contributed by atoms with Crippen LogP contribution in [0.15, 0.2) is 0 Å². The Morgan fingerprint density at radius 1 is 1.09 bits per heavy atom. The molecule has 2 rings (SSSR count). The van der Waals surface area contributed by atoms with Gasteiger partial charge in [0.2, 0.25) is 0 Å². The predicted octanol–water partition coefficient (Wildman–Crippen LogP) is 0.879. The number of hydrogen-bond donors (Lipinski definition) is 2. The van der Waals surface area contributed by atoms with E-state index in [2.05, 4.69) is 17.6 Å². The lowest BCUT2D eigenvalue weighted by atomic mass is 9.88. The summed E-state index contributed by atoms with van der Waals surface area (Å²) in [5.74, 6) is 0. The van der Waals surface area contributed by atoms with Crippen LogP contribution in [0.1, 0.15) is 32.6 Å². The predicted molar refractivity (Wildman–Crippen MR) is 46.6 cm³/mol. The van der Waals surface area contributed by atoms with Crippen LogP contribution in [0, 0.1) is 0 Å². The summed E-state index contributed by atoms with van der Waals surface area (Å²) in [7, 11) is 0. The number of nitrogens with one attached hydrogen (secondary N) is 2. The van der Waals surface area contributed by atoms with Crippen molar-refractivity contribution < 1.29 is 0 Å². The average Bonchev–Trinajstić information content (AvgIpc) is 2.04. The highest BCUT2D eigenvalue weighted by Gasteiger charge is 2.29. The van der Waals surface area contributed by atoms with Crippen LogP contribution in [-0.2, 0) is 0 Å². The van der Waals surface area contributed by atoms with Crippen molar-refractivity contribution >= 4 is 0 Å². The molecule has 1 aliphatic heterocycles. The average molecular weight is 154 g/mol. The van der Waals surface area contributed by atoms with E-state index in [1.54, 1.807) is 0 Å². The molecule has 11 heavy (non-hydrogen) atoms. The van der Waals surface area contributed by atoms with Crippen molar-refractivity contribution in [2.24, 2.45) is 0 Å². The van der Waals surface area contributed by atoms with Crippen molar-refractivity contribution in [3.05, 3.63) is 0 Å².